The summed E-state index contributed by atoms with van der Waals surface area (Å²) < 4.78 is 10.7. The summed E-state index contributed by atoms with van der Waals surface area (Å²) in [6, 6.07) is 0. The lowest BCUT2D eigenvalue weighted by Gasteiger charge is -2.22. The molecule has 1 N–H and O–H groups in total. The molecule has 0 saturated carbocycles. The SMILES string of the molecule is CCCCCCCCCCCCCCCCCCCC(=O)OCCC(C)(O)CCOC(=O)CCCCCCCCCCCCCCCCCCC. The topological polar surface area (TPSA) is 72.8 Å². The van der Waals surface area contributed by atoms with Gasteiger partial charge in [-0.2, -0.15) is 0 Å². The zero-order valence-electron chi connectivity index (χ0n) is 34.9. The molecule has 0 heterocycles. The molecular weight excluding hydrogens is 633 g/mol. The Morgan fingerprint density at radius 2 is 0.569 bits per heavy atom. The Bertz CT molecular complexity index is 662. The third kappa shape index (κ3) is 41.5. The number of unbranched alkanes of at least 4 members (excludes halogenated alkanes) is 32. The number of rotatable bonds is 42. The van der Waals surface area contributed by atoms with Gasteiger partial charge in [0.1, 0.15) is 0 Å². The second-order valence-electron chi connectivity index (χ2n) is 16.3. The zero-order valence-corrected chi connectivity index (χ0v) is 34.9. The molecule has 51 heavy (non-hydrogen) atoms. The smallest absolute Gasteiger partial charge is 0.305 e. The molecule has 0 aromatic heterocycles. The highest BCUT2D eigenvalue weighted by molar-refractivity contribution is 5.69. The van der Waals surface area contributed by atoms with Gasteiger partial charge in [-0.05, 0) is 19.8 Å². The maximum Gasteiger partial charge on any atom is 0.305 e. The van der Waals surface area contributed by atoms with Crippen LogP contribution in [-0.4, -0.2) is 35.9 Å². The van der Waals surface area contributed by atoms with Crippen LogP contribution in [0.15, 0.2) is 0 Å². The molecule has 0 spiro atoms. The lowest BCUT2D eigenvalue weighted by molar-refractivity contribution is -0.146. The maximum absolute atomic E-state index is 12.1. The number of ether oxygens (including phenoxy) is 2. The molecule has 5 heteroatoms. The van der Waals surface area contributed by atoms with Gasteiger partial charge >= 0.3 is 11.9 Å². The average Bonchev–Trinajstić information content (AvgIpc) is 3.10. The molecule has 0 bridgehead atoms. The van der Waals surface area contributed by atoms with Gasteiger partial charge in [0.05, 0.1) is 18.8 Å². The van der Waals surface area contributed by atoms with Gasteiger partial charge in [0.25, 0.3) is 0 Å². The van der Waals surface area contributed by atoms with Crippen molar-refractivity contribution in [1.29, 1.82) is 0 Å². The van der Waals surface area contributed by atoms with Crippen LogP contribution in [-0.2, 0) is 19.1 Å². The molecule has 0 aliphatic rings. The molecule has 0 aromatic rings. The normalized spacial score (nSPS) is 11.7. The van der Waals surface area contributed by atoms with Gasteiger partial charge in [-0.3, -0.25) is 9.59 Å². The number of carbonyl (C=O) groups is 2. The zero-order chi connectivity index (χ0) is 37.4. The van der Waals surface area contributed by atoms with Crippen molar-refractivity contribution in [2.24, 2.45) is 0 Å². The number of hydrogen-bond acceptors (Lipinski definition) is 5. The summed E-state index contributed by atoms with van der Waals surface area (Å²) in [4.78, 5) is 24.2. The van der Waals surface area contributed by atoms with Crippen molar-refractivity contribution >= 4 is 11.9 Å². The fraction of sp³-hybridized carbons (Fsp3) is 0.957. The number of esters is 2. The van der Waals surface area contributed by atoms with E-state index < -0.39 is 5.60 Å². The highest BCUT2D eigenvalue weighted by atomic mass is 16.5. The van der Waals surface area contributed by atoms with E-state index in [1.54, 1.807) is 6.92 Å². The molecule has 0 fully saturated rings. The highest BCUT2D eigenvalue weighted by Gasteiger charge is 2.21. The summed E-state index contributed by atoms with van der Waals surface area (Å²) >= 11 is 0. The van der Waals surface area contributed by atoms with E-state index in [-0.39, 0.29) is 25.2 Å². The molecule has 0 saturated heterocycles. The van der Waals surface area contributed by atoms with Crippen molar-refractivity contribution in [3.05, 3.63) is 0 Å². The average molecular weight is 723 g/mol. The Balaban J connectivity index is 3.45. The summed E-state index contributed by atoms with van der Waals surface area (Å²) in [5.41, 5.74) is -1.01. The van der Waals surface area contributed by atoms with E-state index in [0.717, 1.165) is 25.7 Å². The summed E-state index contributed by atoms with van der Waals surface area (Å²) in [7, 11) is 0. The van der Waals surface area contributed by atoms with Gasteiger partial charge in [-0.1, -0.05) is 219 Å². The number of hydrogen-bond donors (Lipinski definition) is 1. The van der Waals surface area contributed by atoms with Crippen molar-refractivity contribution in [3.63, 3.8) is 0 Å². The van der Waals surface area contributed by atoms with E-state index >= 15 is 0 Å². The predicted octanol–water partition coefficient (Wildman–Crippen LogP) is 14.7. The van der Waals surface area contributed by atoms with Crippen molar-refractivity contribution in [3.8, 4) is 0 Å². The van der Waals surface area contributed by atoms with Crippen LogP contribution in [0.1, 0.15) is 265 Å². The summed E-state index contributed by atoms with van der Waals surface area (Å²) in [5.74, 6) is -0.348. The molecule has 0 unspecified atom stereocenters. The first-order valence-corrected chi connectivity index (χ1v) is 22.9. The van der Waals surface area contributed by atoms with Gasteiger partial charge in [0.15, 0.2) is 0 Å². The predicted molar refractivity (Wildman–Crippen MR) is 219 cm³/mol. The van der Waals surface area contributed by atoms with Crippen LogP contribution in [0, 0.1) is 0 Å². The molecular formula is C46H90O5. The van der Waals surface area contributed by atoms with Crippen LogP contribution in [0.25, 0.3) is 0 Å². The Morgan fingerprint density at radius 1 is 0.373 bits per heavy atom. The first kappa shape index (κ1) is 49.9. The van der Waals surface area contributed by atoms with E-state index in [1.807, 2.05) is 0 Å². The van der Waals surface area contributed by atoms with Crippen molar-refractivity contribution in [2.45, 2.75) is 270 Å². The van der Waals surface area contributed by atoms with Crippen LogP contribution >= 0.6 is 0 Å². The number of carbonyl (C=O) groups excluding carboxylic acids is 2. The van der Waals surface area contributed by atoms with Crippen LogP contribution in [0.5, 0.6) is 0 Å². The molecule has 0 rings (SSSR count). The summed E-state index contributed by atoms with van der Waals surface area (Å²) in [5, 5.41) is 10.6. The van der Waals surface area contributed by atoms with Crippen LogP contribution in [0.3, 0.4) is 0 Å². The minimum absolute atomic E-state index is 0.174. The maximum atomic E-state index is 12.1. The largest absolute Gasteiger partial charge is 0.466 e. The van der Waals surface area contributed by atoms with Gasteiger partial charge in [-0.25, -0.2) is 0 Å². The lowest BCUT2D eigenvalue weighted by Crippen LogP contribution is -2.29. The van der Waals surface area contributed by atoms with Crippen LogP contribution < -0.4 is 0 Å². The second-order valence-corrected chi connectivity index (χ2v) is 16.3. The Morgan fingerprint density at radius 3 is 0.784 bits per heavy atom. The van der Waals surface area contributed by atoms with Gasteiger partial charge in [-0.15, -0.1) is 0 Å². The van der Waals surface area contributed by atoms with E-state index in [9.17, 15) is 14.7 Å². The molecule has 0 aliphatic heterocycles. The Labute approximate surface area is 319 Å². The van der Waals surface area contributed by atoms with Crippen molar-refractivity contribution in [2.75, 3.05) is 13.2 Å². The van der Waals surface area contributed by atoms with Crippen molar-refractivity contribution in [1.82, 2.24) is 0 Å². The van der Waals surface area contributed by atoms with Crippen LogP contribution in [0.2, 0.25) is 0 Å². The number of aliphatic hydroxyl groups is 1. The molecule has 0 aliphatic carbocycles. The molecule has 304 valence electrons. The third-order valence-corrected chi connectivity index (χ3v) is 10.8. The lowest BCUT2D eigenvalue weighted by atomic mass is 9.99. The Kier molecular flexibility index (Phi) is 39.2. The first-order valence-electron chi connectivity index (χ1n) is 22.9. The van der Waals surface area contributed by atoms with E-state index in [4.69, 9.17) is 9.47 Å². The molecule has 5 nitrogen and oxygen atoms in total. The standard InChI is InChI=1S/C46H90O5/c1-4-6-8-10-12-14-16-18-20-22-24-26-28-30-32-34-36-38-44(47)50-42-40-46(3,49)41-43-51-45(48)39-37-35-33-31-29-27-25-23-21-19-17-15-13-11-9-7-5-2/h49H,4-43H2,1-3H3. The van der Waals surface area contributed by atoms with E-state index in [0.29, 0.717) is 25.7 Å². The molecule has 0 atom stereocenters. The van der Waals surface area contributed by atoms with Gasteiger partial charge in [0.2, 0.25) is 0 Å². The molecule has 0 radical (unpaired) electrons. The minimum atomic E-state index is -1.01. The van der Waals surface area contributed by atoms with Gasteiger partial charge in [0, 0.05) is 25.7 Å². The highest BCUT2D eigenvalue weighted by Crippen LogP contribution is 2.18. The third-order valence-electron chi connectivity index (χ3n) is 10.8. The van der Waals surface area contributed by atoms with E-state index in [1.165, 1.54) is 193 Å². The van der Waals surface area contributed by atoms with Gasteiger partial charge < -0.3 is 14.6 Å². The van der Waals surface area contributed by atoms with Crippen molar-refractivity contribution < 1.29 is 24.2 Å². The Hall–Kier alpha value is -1.10. The fourth-order valence-corrected chi connectivity index (χ4v) is 7.03. The summed E-state index contributed by atoms with van der Waals surface area (Å²) in [6.45, 7) is 6.70. The first-order chi connectivity index (χ1) is 24.9. The fourth-order valence-electron chi connectivity index (χ4n) is 7.03. The quantitative estimate of drug-likeness (QED) is 0.0501. The summed E-state index contributed by atoms with van der Waals surface area (Å²) in [6.07, 6.45) is 46.7. The van der Waals surface area contributed by atoms with Crippen LogP contribution in [0.4, 0.5) is 0 Å². The monoisotopic (exact) mass is 723 g/mol. The minimum Gasteiger partial charge on any atom is -0.466 e. The van der Waals surface area contributed by atoms with E-state index in [2.05, 4.69) is 13.8 Å². The second kappa shape index (κ2) is 40.1. The molecule has 0 aromatic carbocycles. The molecule has 0 amide bonds.